The molecule has 2 atom stereocenters. The van der Waals surface area contributed by atoms with E-state index in [1.54, 1.807) is 24.3 Å². The summed E-state index contributed by atoms with van der Waals surface area (Å²) in [6, 6.07) is 10.9. The molecule has 0 aromatic heterocycles. The monoisotopic (exact) mass is 450 g/mol. The quantitative estimate of drug-likeness (QED) is 0.654. The number of sulfonamides is 1. The first-order valence-electron chi connectivity index (χ1n) is 9.62. The molecule has 0 spiro atoms. The van der Waals surface area contributed by atoms with E-state index in [0.29, 0.717) is 23.0 Å². The molecule has 3 rings (SSSR count). The van der Waals surface area contributed by atoms with Crippen LogP contribution in [0.2, 0.25) is 0 Å². The molecular weight excluding hydrogens is 424 g/mol. The van der Waals surface area contributed by atoms with Gasteiger partial charge in [-0.25, -0.2) is 8.42 Å². The lowest BCUT2D eigenvalue weighted by atomic mass is 10.2. The lowest BCUT2D eigenvalue weighted by Crippen LogP contribution is -2.50. The Kier molecular flexibility index (Phi) is 6.79. The maximum Gasteiger partial charge on any atom is 0.243 e. The van der Waals surface area contributed by atoms with Gasteiger partial charge >= 0.3 is 0 Å². The summed E-state index contributed by atoms with van der Waals surface area (Å²) in [5.74, 6) is 1.58. The number of rotatable bonds is 8. The van der Waals surface area contributed by atoms with Crippen molar-refractivity contribution in [1.82, 2.24) is 5.32 Å². The molecule has 10 heteroatoms. The number of hydrogen-bond acceptors (Lipinski definition) is 7. The Hall–Kier alpha value is -3.14. The van der Waals surface area contributed by atoms with Crippen LogP contribution >= 0.6 is 0 Å². The van der Waals surface area contributed by atoms with Crippen LogP contribution in [0.3, 0.4) is 0 Å². The van der Waals surface area contributed by atoms with Gasteiger partial charge < -0.3 is 24.3 Å². The summed E-state index contributed by atoms with van der Waals surface area (Å²) in [5.41, 5.74) is 0.286. The fourth-order valence-electron chi connectivity index (χ4n) is 3.30. The Morgan fingerprint density at radius 3 is 2.48 bits per heavy atom. The highest BCUT2D eigenvalue weighted by atomic mass is 32.2. The number of carbonyl (C=O) groups excluding carboxylic acids is 1. The van der Waals surface area contributed by atoms with Gasteiger partial charge in [-0.15, -0.1) is 0 Å². The first kappa shape index (κ1) is 22.5. The van der Waals surface area contributed by atoms with Crippen LogP contribution in [0.1, 0.15) is 6.92 Å². The Morgan fingerprint density at radius 1 is 1.16 bits per heavy atom. The minimum Gasteiger partial charge on any atom is -0.493 e. The molecule has 2 aromatic carbocycles. The third-order valence-electron chi connectivity index (χ3n) is 4.78. The van der Waals surface area contributed by atoms with Gasteiger partial charge in [0.15, 0.2) is 23.0 Å². The van der Waals surface area contributed by atoms with E-state index < -0.39 is 22.0 Å². The highest BCUT2D eigenvalue weighted by Crippen LogP contribution is 2.33. The molecule has 9 nitrogen and oxygen atoms in total. The summed E-state index contributed by atoms with van der Waals surface area (Å²) in [6.07, 6.45) is 0.654. The zero-order chi connectivity index (χ0) is 22.6. The molecule has 1 aliphatic heterocycles. The van der Waals surface area contributed by atoms with Crippen LogP contribution in [0, 0.1) is 0 Å². The molecule has 31 heavy (non-hydrogen) atoms. The summed E-state index contributed by atoms with van der Waals surface area (Å²) in [7, 11) is -0.835. The van der Waals surface area contributed by atoms with E-state index in [4.69, 9.17) is 18.9 Å². The summed E-state index contributed by atoms with van der Waals surface area (Å²) >= 11 is 0. The molecule has 0 bridgehead atoms. The van der Waals surface area contributed by atoms with Crippen LogP contribution in [0.15, 0.2) is 42.5 Å². The summed E-state index contributed by atoms with van der Waals surface area (Å²) < 4.78 is 48.0. The molecule has 0 aliphatic carbocycles. The maximum absolute atomic E-state index is 12.8. The number of para-hydroxylation sites is 2. The second-order valence-corrected chi connectivity index (χ2v) is 8.88. The van der Waals surface area contributed by atoms with Crippen molar-refractivity contribution >= 4 is 21.6 Å². The summed E-state index contributed by atoms with van der Waals surface area (Å²) in [5, 5.41) is 2.75. The average molecular weight is 451 g/mol. The first-order valence-corrected chi connectivity index (χ1v) is 11.5. The van der Waals surface area contributed by atoms with E-state index in [0.717, 1.165) is 10.6 Å². The minimum absolute atomic E-state index is 0.168. The third-order valence-corrected chi connectivity index (χ3v) is 6.02. The van der Waals surface area contributed by atoms with Gasteiger partial charge in [0.25, 0.3) is 0 Å². The largest absolute Gasteiger partial charge is 0.493 e. The van der Waals surface area contributed by atoms with Crippen molar-refractivity contribution in [3.63, 3.8) is 0 Å². The number of amides is 1. The third kappa shape index (κ3) is 5.13. The van der Waals surface area contributed by atoms with Crippen molar-refractivity contribution in [1.29, 1.82) is 0 Å². The normalized spacial score (nSPS) is 16.2. The fraction of sp³-hybridized carbons (Fsp3) is 0.381. The molecular formula is C21H26N2O7S. The van der Waals surface area contributed by atoms with Crippen molar-refractivity contribution in [2.45, 2.75) is 19.1 Å². The van der Waals surface area contributed by atoms with Crippen LogP contribution in [0.4, 0.5) is 5.69 Å². The van der Waals surface area contributed by atoms with Crippen LogP contribution < -0.4 is 28.6 Å². The van der Waals surface area contributed by atoms with E-state index in [-0.39, 0.29) is 24.9 Å². The number of benzene rings is 2. The molecule has 1 N–H and O–H groups in total. The van der Waals surface area contributed by atoms with Gasteiger partial charge in [-0.05, 0) is 31.2 Å². The van der Waals surface area contributed by atoms with E-state index in [1.165, 1.54) is 27.2 Å². The summed E-state index contributed by atoms with van der Waals surface area (Å²) in [4.78, 5) is 12.8. The van der Waals surface area contributed by atoms with Crippen molar-refractivity contribution in [2.24, 2.45) is 0 Å². The predicted octanol–water partition coefficient (Wildman–Crippen LogP) is 1.81. The standard InChI is InChI=1S/C21H26N2O7S/c1-14(21(24)22-12-16-13-29-18-7-5-6-8-19(18)30-16)23(31(4,25)26)15-9-10-17(27-2)20(11-15)28-3/h5-11,14,16H,12-13H2,1-4H3,(H,22,24)/t14-,16+/m0/s1. The van der Waals surface area contributed by atoms with Gasteiger partial charge in [-0.1, -0.05) is 12.1 Å². The average Bonchev–Trinajstić information content (AvgIpc) is 2.76. The van der Waals surface area contributed by atoms with Gasteiger partial charge in [-0.2, -0.15) is 0 Å². The van der Waals surface area contributed by atoms with Crippen LogP contribution in [-0.4, -0.2) is 60.1 Å². The van der Waals surface area contributed by atoms with Crippen molar-refractivity contribution < 1.29 is 32.2 Å². The van der Waals surface area contributed by atoms with Crippen molar-refractivity contribution in [3.05, 3.63) is 42.5 Å². The number of methoxy groups -OCH3 is 2. The molecule has 0 saturated carbocycles. The molecule has 1 heterocycles. The predicted molar refractivity (Wildman–Crippen MR) is 116 cm³/mol. The number of fused-ring (bicyclic) bond motifs is 1. The Labute approximate surface area is 181 Å². The summed E-state index contributed by atoms with van der Waals surface area (Å²) in [6.45, 7) is 1.96. The molecule has 0 radical (unpaired) electrons. The van der Waals surface area contributed by atoms with Gasteiger partial charge in [0.05, 0.1) is 32.7 Å². The number of anilines is 1. The maximum atomic E-state index is 12.8. The zero-order valence-electron chi connectivity index (χ0n) is 17.8. The van der Waals surface area contributed by atoms with Crippen LogP contribution in [-0.2, 0) is 14.8 Å². The molecule has 0 saturated heterocycles. The van der Waals surface area contributed by atoms with Gasteiger partial charge in [0.1, 0.15) is 18.8 Å². The lowest BCUT2D eigenvalue weighted by molar-refractivity contribution is -0.122. The van der Waals surface area contributed by atoms with Crippen molar-refractivity contribution in [2.75, 3.05) is 37.9 Å². The van der Waals surface area contributed by atoms with E-state index in [1.807, 2.05) is 12.1 Å². The van der Waals surface area contributed by atoms with E-state index in [2.05, 4.69) is 5.32 Å². The number of hydrogen-bond donors (Lipinski definition) is 1. The first-order chi connectivity index (χ1) is 14.7. The van der Waals surface area contributed by atoms with Crippen LogP contribution in [0.5, 0.6) is 23.0 Å². The zero-order valence-corrected chi connectivity index (χ0v) is 18.6. The molecule has 1 amide bonds. The Bertz CT molecular complexity index is 1040. The molecule has 2 aromatic rings. The lowest BCUT2D eigenvalue weighted by Gasteiger charge is -2.30. The molecule has 1 aliphatic rings. The molecule has 0 fully saturated rings. The SMILES string of the molecule is COc1ccc(N([C@@H](C)C(=O)NC[C@@H]2COc3ccccc3O2)S(C)(=O)=O)cc1OC. The number of ether oxygens (including phenoxy) is 4. The Balaban J connectivity index is 1.72. The van der Waals surface area contributed by atoms with E-state index >= 15 is 0 Å². The second-order valence-electron chi connectivity index (χ2n) is 7.02. The topological polar surface area (TPSA) is 103 Å². The molecule has 0 unspecified atom stereocenters. The van der Waals surface area contributed by atoms with Crippen molar-refractivity contribution in [3.8, 4) is 23.0 Å². The number of nitrogens with one attached hydrogen (secondary N) is 1. The smallest absolute Gasteiger partial charge is 0.243 e. The minimum atomic E-state index is -3.77. The highest BCUT2D eigenvalue weighted by Gasteiger charge is 2.31. The highest BCUT2D eigenvalue weighted by molar-refractivity contribution is 7.92. The van der Waals surface area contributed by atoms with Gasteiger partial charge in [-0.3, -0.25) is 9.10 Å². The number of carbonyl (C=O) groups is 1. The molecule has 168 valence electrons. The number of nitrogens with zero attached hydrogens (tertiary/aromatic N) is 1. The van der Waals surface area contributed by atoms with Gasteiger partial charge in [0.2, 0.25) is 15.9 Å². The van der Waals surface area contributed by atoms with Gasteiger partial charge in [0, 0.05) is 6.07 Å². The van der Waals surface area contributed by atoms with E-state index in [9.17, 15) is 13.2 Å². The second kappa shape index (κ2) is 9.34. The Morgan fingerprint density at radius 2 is 1.84 bits per heavy atom. The van der Waals surface area contributed by atoms with Crippen LogP contribution in [0.25, 0.3) is 0 Å². The fourth-order valence-corrected chi connectivity index (χ4v) is 4.46.